The van der Waals surface area contributed by atoms with Gasteiger partial charge in [0.1, 0.15) is 12.4 Å². The molecule has 2 saturated heterocycles. The lowest BCUT2D eigenvalue weighted by Crippen LogP contribution is -2.22. The van der Waals surface area contributed by atoms with Gasteiger partial charge in [-0.3, -0.25) is 0 Å². The van der Waals surface area contributed by atoms with Gasteiger partial charge in [0, 0.05) is 42.3 Å². The van der Waals surface area contributed by atoms with Crippen LogP contribution in [-0.4, -0.2) is 67.0 Å². The molecule has 0 N–H and O–H groups in total. The molecule has 0 unspecified atom stereocenters. The highest BCUT2D eigenvalue weighted by molar-refractivity contribution is 8.32. The smallest absolute Gasteiger partial charge is 0.141 e. The molecule has 2 aliphatic heterocycles. The number of aromatic nitrogens is 2. The van der Waals surface area contributed by atoms with Crippen LogP contribution >= 0.6 is 10.0 Å². The van der Waals surface area contributed by atoms with E-state index < -0.39 is 10.0 Å². The molecule has 0 amide bonds. The summed E-state index contributed by atoms with van der Waals surface area (Å²) in [6, 6.07) is 4.41. The van der Waals surface area contributed by atoms with Crippen molar-refractivity contribution in [1.82, 2.24) is 9.55 Å². The van der Waals surface area contributed by atoms with Gasteiger partial charge in [-0.25, -0.2) is 15.0 Å². The minimum absolute atomic E-state index is 0.494. The van der Waals surface area contributed by atoms with Crippen molar-refractivity contribution in [3.05, 3.63) is 24.5 Å². The van der Waals surface area contributed by atoms with Crippen molar-refractivity contribution in [3.8, 4) is 0 Å². The SMILES string of the molecule is CS(C)(C)CCOCn1ccc2cc(N3C[C@H]4COC[C@H]4C3)cnc21. The van der Waals surface area contributed by atoms with Crippen LogP contribution in [0.5, 0.6) is 0 Å². The highest BCUT2D eigenvalue weighted by Crippen LogP contribution is 2.34. The first-order valence-corrected chi connectivity index (χ1v) is 12.0. The van der Waals surface area contributed by atoms with Gasteiger partial charge >= 0.3 is 0 Å². The van der Waals surface area contributed by atoms with E-state index in [0.29, 0.717) is 18.6 Å². The minimum atomic E-state index is -0.494. The van der Waals surface area contributed by atoms with Crippen LogP contribution in [0.4, 0.5) is 5.69 Å². The van der Waals surface area contributed by atoms with Crippen molar-refractivity contribution >= 4 is 26.7 Å². The molecule has 0 aliphatic carbocycles. The van der Waals surface area contributed by atoms with E-state index in [9.17, 15) is 0 Å². The molecule has 25 heavy (non-hydrogen) atoms. The summed E-state index contributed by atoms with van der Waals surface area (Å²) < 4.78 is 13.5. The van der Waals surface area contributed by atoms with Gasteiger partial charge in [0.05, 0.1) is 31.7 Å². The van der Waals surface area contributed by atoms with E-state index >= 15 is 0 Å². The zero-order chi connectivity index (χ0) is 17.4. The number of nitrogens with zero attached hydrogens (tertiary/aromatic N) is 3. The molecule has 2 aromatic rings. The fourth-order valence-electron chi connectivity index (χ4n) is 3.71. The summed E-state index contributed by atoms with van der Waals surface area (Å²) in [4.78, 5) is 7.18. The first kappa shape index (κ1) is 17.2. The molecule has 6 heteroatoms. The van der Waals surface area contributed by atoms with Crippen LogP contribution in [0.1, 0.15) is 0 Å². The standard InChI is InChI=1S/C19H29N3O2S/c1-25(2,3)7-6-23-14-21-5-4-15-8-18(9-20-19(15)21)22-10-16-12-24-13-17(16)11-22/h4-5,8-9,16-17H,6-7,10-14H2,1-3H3/t16-,17+. The lowest BCUT2D eigenvalue weighted by molar-refractivity contribution is 0.0924. The molecule has 5 nitrogen and oxygen atoms in total. The predicted molar refractivity (Wildman–Crippen MR) is 106 cm³/mol. The van der Waals surface area contributed by atoms with Crippen molar-refractivity contribution in [3.63, 3.8) is 0 Å². The van der Waals surface area contributed by atoms with Crippen molar-refractivity contribution in [1.29, 1.82) is 0 Å². The fourth-order valence-corrected chi connectivity index (χ4v) is 4.33. The van der Waals surface area contributed by atoms with Gasteiger partial charge in [0.2, 0.25) is 0 Å². The number of fused-ring (bicyclic) bond motifs is 2. The van der Waals surface area contributed by atoms with E-state index in [0.717, 1.165) is 44.3 Å². The van der Waals surface area contributed by atoms with Crippen LogP contribution in [0, 0.1) is 11.8 Å². The summed E-state index contributed by atoms with van der Waals surface area (Å²) >= 11 is 0. The second-order valence-electron chi connectivity index (χ2n) is 8.19. The first-order valence-electron chi connectivity index (χ1n) is 9.01. The van der Waals surface area contributed by atoms with E-state index in [2.05, 4.69) is 46.6 Å². The predicted octanol–water partition coefficient (Wildman–Crippen LogP) is 2.79. The number of hydrogen-bond donors (Lipinski definition) is 0. The lowest BCUT2D eigenvalue weighted by Gasteiger charge is -2.24. The van der Waals surface area contributed by atoms with Crippen molar-refractivity contribution in [2.24, 2.45) is 11.8 Å². The molecule has 4 heterocycles. The largest absolute Gasteiger partial charge is 0.381 e. The summed E-state index contributed by atoms with van der Waals surface area (Å²) in [5.41, 5.74) is 2.24. The van der Waals surface area contributed by atoms with Crippen LogP contribution in [-0.2, 0) is 16.2 Å². The van der Waals surface area contributed by atoms with Gasteiger partial charge < -0.3 is 18.9 Å². The Kier molecular flexibility index (Phi) is 4.69. The van der Waals surface area contributed by atoms with Gasteiger partial charge in [-0.2, -0.15) is 0 Å². The third kappa shape index (κ3) is 3.81. The molecule has 2 aromatic heterocycles. The van der Waals surface area contributed by atoms with Gasteiger partial charge in [0.25, 0.3) is 0 Å². The lowest BCUT2D eigenvalue weighted by atomic mass is 10.0. The molecule has 0 saturated carbocycles. The number of ether oxygens (including phenoxy) is 2. The van der Waals surface area contributed by atoms with E-state index in [4.69, 9.17) is 14.5 Å². The molecule has 138 valence electrons. The highest BCUT2D eigenvalue weighted by atomic mass is 32.3. The normalized spacial score (nSPS) is 24.2. The van der Waals surface area contributed by atoms with Crippen LogP contribution in [0.15, 0.2) is 24.5 Å². The number of rotatable bonds is 6. The Labute approximate surface area is 151 Å². The fraction of sp³-hybridized carbons (Fsp3) is 0.632. The molecule has 2 atom stereocenters. The van der Waals surface area contributed by atoms with Gasteiger partial charge in [0.15, 0.2) is 0 Å². The molecule has 4 rings (SSSR count). The molecule has 0 aromatic carbocycles. The maximum absolute atomic E-state index is 5.86. The second kappa shape index (κ2) is 6.82. The third-order valence-corrected chi connectivity index (χ3v) is 6.65. The third-order valence-electron chi connectivity index (χ3n) is 5.26. The van der Waals surface area contributed by atoms with Gasteiger partial charge in [-0.15, -0.1) is 0 Å². The summed E-state index contributed by atoms with van der Waals surface area (Å²) in [6.45, 7) is 5.42. The minimum Gasteiger partial charge on any atom is -0.381 e. The number of anilines is 1. The Morgan fingerprint density at radius 2 is 2.00 bits per heavy atom. The average Bonchev–Trinajstić information content (AvgIpc) is 3.24. The second-order valence-corrected chi connectivity index (χ2v) is 12.8. The Bertz CT molecular complexity index is 728. The van der Waals surface area contributed by atoms with Crippen molar-refractivity contribution in [2.75, 3.05) is 62.3 Å². The van der Waals surface area contributed by atoms with E-state index in [1.54, 1.807) is 0 Å². The van der Waals surface area contributed by atoms with E-state index in [-0.39, 0.29) is 0 Å². The zero-order valence-electron chi connectivity index (χ0n) is 15.5. The quantitative estimate of drug-likeness (QED) is 0.740. The Balaban J connectivity index is 1.41. The molecule has 0 spiro atoms. The van der Waals surface area contributed by atoms with Crippen LogP contribution in [0.25, 0.3) is 11.0 Å². The summed E-state index contributed by atoms with van der Waals surface area (Å²) in [5, 5.41) is 1.19. The molecular formula is C19H29N3O2S. The molecule has 0 bridgehead atoms. The molecule has 0 radical (unpaired) electrons. The topological polar surface area (TPSA) is 39.5 Å². The maximum Gasteiger partial charge on any atom is 0.141 e. The first-order chi connectivity index (χ1) is 12.0. The van der Waals surface area contributed by atoms with Gasteiger partial charge in [-0.05, 0) is 30.9 Å². The van der Waals surface area contributed by atoms with Crippen LogP contribution in [0.2, 0.25) is 0 Å². The monoisotopic (exact) mass is 363 g/mol. The summed E-state index contributed by atoms with van der Waals surface area (Å²) in [6.07, 6.45) is 11.1. The zero-order valence-corrected chi connectivity index (χ0v) is 16.3. The van der Waals surface area contributed by atoms with Crippen LogP contribution < -0.4 is 4.90 Å². The summed E-state index contributed by atoms with van der Waals surface area (Å²) in [5.74, 6) is 2.53. The van der Waals surface area contributed by atoms with E-state index in [1.165, 1.54) is 11.1 Å². The maximum atomic E-state index is 5.86. The van der Waals surface area contributed by atoms with Gasteiger partial charge in [-0.1, -0.05) is 0 Å². The van der Waals surface area contributed by atoms with Crippen molar-refractivity contribution in [2.45, 2.75) is 6.73 Å². The number of pyridine rings is 1. The molecule has 2 fully saturated rings. The highest BCUT2D eigenvalue weighted by Gasteiger charge is 2.37. The Hall–Kier alpha value is -1.24. The van der Waals surface area contributed by atoms with E-state index in [1.807, 2.05) is 6.20 Å². The molecular weight excluding hydrogens is 334 g/mol. The van der Waals surface area contributed by atoms with Crippen LogP contribution in [0.3, 0.4) is 0 Å². The summed E-state index contributed by atoms with van der Waals surface area (Å²) in [7, 11) is -0.494. The molecule has 2 aliphatic rings. The Morgan fingerprint density at radius 3 is 2.72 bits per heavy atom. The average molecular weight is 364 g/mol. The Morgan fingerprint density at radius 1 is 1.24 bits per heavy atom. The van der Waals surface area contributed by atoms with Crippen molar-refractivity contribution < 1.29 is 9.47 Å². The number of hydrogen-bond acceptors (Lipinski definition) is 4.